The summed E-state index contributed by atoms with van der Waals surface area (Å²) in [6.07, 6.45) is -1.83. The van der Waals surface area contributed by atoms with Crippen molar-refractivity contribution in [1.29, 1.82) is 0 Å². The van der Waals surface area contributed by atoms with Crippen molar-refractivity contribution in [1.82, 2.24) is 0 Å². The minimum Gasteiger partial charge on any atom is -0.450 e. The number of carbonyl (C=O) groups is 1. The van der Waals surface area contributed by atoms with Crippen molar-refractivity contribution in [3.63, 3.8) is 0 Å². The van der Waals surface area contributed by atoms with Gasteiger partial charge < -0.3 is 21.7 Å². The Morgan fingerprint density at radius 2 is 1.57 bits per heavy atom. The Morgan fingerprint density at radius 1 is 1.14 bits per heavy atom. The minimum absolute atomic E-state index is 0.0891. The average Bonchev–Trinajstić information content (AvgIpc) is 2.03. The summed E-state index contributed by atoms with van der Waals surface area (Å²) >= 11 is 0. The smallest absolute Gasteiger partial charge is 0.450 e. The molecule has 0 fully saturated rings. The lowest BCUT2D eigenvalue weighted by atomic mass is 10.3. The molecular formula is C8H11N3O3. The predicted molar refractivity (Wildman–Crippen MR) is 52.6 cm³/mol. The first-order valence-corrected chi connectivity index (χ1v) is 3.59. The van der Waals surface area contributed by atoms with Crippen LogP contribution in [0.2, 0.25) is 0 Å². The molecule has 0 saturated heterocycles. The Balaban J connectivity index is 0.000000364. The number of aliphatic imine (C=N–C) groups is 1. The van der Waals surface area contributed by atoms with Gasteiger partial charge in [-0.3, -0.25) is 0 Å². The number of rotatable bonds is 1. The molecule has 6 nitrogen and oxygen atoms in total. The Morgan fingerprint density at radius 3 is 1.93 bits per heavy atom. The summed E-state index contributed by atoms with van der Waals surface area (Å²) in [7, 11) is 0. The van der Waals surface area contributed by atoms with E-state index in [0.717, 1.165) is 5.69 Å². The van der Waals surface area contributed by atoms with E-state index in [0.29, 0.717) is 0 Å². The number of nitrogens with zero attached hydrogens (tertiary/aromatic N) is 1. The van der Waals surface area contributed by atoms with Crippen LogP contribution in [0.4, 0.5) is 10.5 Å². The third kappa shape index (κ3) is 7.86. The minimum atomic E-state index is -1.83. The third-order valence-electron chi connectivity index (χ3n) is 1.01. The maximum atomic E-state index is 8.56. The fraction of sp³-hybridized carbons (Fsp3) is 0. The number of guanidine groups is 1. The van der Waals surface area contributed by atoms with Crippen LogP contribution >= 0.6 is 0 Å². The predicted octanol–water partition coefficient (Wildman–Crippen LogP) is 0.814. The highest BCUT2D eigenvalue weighted by Gasteiger charge is 1.83. The normalized spacial score (nSPS) is 8.00. The molecule has 0 aliphatic carbocycles. The maximum Gasteiger partial charge on any atom is 0.503 e. The number of benzene rings is 1. The monoisotopic (exact) mass is 197 g/mol. The Kier molecular flexibility index (Phi) is 5.29. The van der Waals surface area contributed by atoms with Gasteiger partial charge >= 0.3 is 6.16 Å². The second-order valence-electron chi connectivity index (χ2n) is 2.15. The third-order valence-corrected chi connectivity index (χ3v) is 1.01. The summed E-state index contributed by atoms with van der Waals surface area (Å²) in [6, 6.07) is 9.33. The highest BCUT2D eigenvalue weighted by molar-refractivity contribution is 5.78. The number of hydrogen-bond acceptors (Lipinski definition) is 2. The molecule has 76 valence electrons. The van der Waals surface area contributed by atoms with Crippen molar-refractivity contribution >= 4 is 17.8 Å². The van der Waals surface area contributed by atoms with Gasteiger partial charge in [-0.05, 0) is 12.1 Å². The lowest BCUT2D eigenvalue weighted by Gasteiger charge is -1.91. The number of nitrogens with two attached hydrogens (primary N) is 2. The van der Waals surface area contributed by atoms with Crippen LogP contribution in [-0.4, -0.2) is 22.3 Å². The summed E-state index contributed by atoms with van der Waals surface area (Å²) in [6.45, 7) is 0. The van der Waals surface area contributed by atoms with Crippen LogP contribution in [0.25, 0.3) is 0 Å². The van der Waals surface area contributed by atoms with Crippen molar-refractivity contribution in [2.75, 3.05) is 0 Å². The Bertz CT molecular complexity index is 303. The number of hydrogen-bond donors (Lipinski definition) is 4. The van der Waals surface area contributed by atoms with E-state index in [1.165, 1.54) is 0 Å². The van der Waals surface area contributed by atoms with Gasteiger partial charge in [0.05, 0.1) is 5.69 Å². The van der Waals surface area contributed by atoms with Crippen LogP contribution in [0, 0.1) is 0 Å². The van der Waals surface area contributed by atoms with Gasteiger partial charge in [0, 0.05) is 0 Å². The zero-order chi connectivity index (χ0) is 11.0. The van der Waals surface area contributed by atoms with Gasteiger partial charge in [0.2, 0.25) is 0 Å². The van der Waals surface area contributed by atoms with E-state index < -0.39 is 6.16 Å². The molecule has 0 amide bonds. The quantitative estimate of drug-likeness (QED) is 0.392. The van der Waals surface area contributed by atoms with Gasteiger partial charge in [-0.25, -0.2) is 9.79 Å². The molecule has 0 bridgehead atoms. The van der Waals surface area contributed by atoms with Gasteiger partial charge in [0.25, 0.3) is 0 Å². The second kappa shape index (κ2) is 6.30. The van der Waals surface area contributed by atoms with Crippen molar-refractivity contribution in [3.05, 3.63) is 30.3 Å². The SMILES string of the molecule is NC(N)=Nc1ccccc1.O=C(O)O. The zero-order valence-corrected chi connectivity index (χ0v) is 7.29. The molecule has 0 unspecified atom stereocenters. The van der Waals surface area contributed by atoms with E-state index in [1.54, 1.807) is 0 Å². The van der Waals surface area contributed by atoms with Gasteiger partial charge in [-0.2, -0.15) is 0 Å². The van der Waals surface area contributed by atoms with Crippen LogP contribution in [0.5, 0.6) is 0 Å². The van der Waals surface area contributed by atoms with Gasteiger partial charge in [0.1, 0.15) is 0 Å². The summed E-state index contributed by atoms with van der Waals surface area (Å²) < 4.78 is 0. The van der Waals surface area contributed by atoms with Crippen LogP contribution in [0.15, 0.2) is 35.3 Å². The Labute approximate surface area is 80.5 Å². The second-order valence-corrected chi connectivity index (χ2v) is 2.15. The van der Waals surface area contributed by atoms with Crippen LogP contribution in [0.1, 0.15) is 0 Å². The largest absolute Gasteiger partial charge is 0.503 e. The molecule has 1 rings (SSSR count). The van der Waals surface area contributed by atoms with Crippen molar-refractivity contribution in [2.45, 2.75) is 0 Å². The molecule has 0 aromatic heterocycles. The molecule has 1 aromatic carbocycles. The lowest BCUT2D eigenvalue weighted by molar-refractivity contribution is 0.137. The van der Waals surface area contributed by atoms with Crippen LogP contribution in [-0.2, 0) is 0 Å². The molecule has 1 aromatic rings. The first kappa shape index (κ1) is 11.8. The highest BCUT2D eigenvalue weighted by Crippen LogP contribution is 2.07. The zero-order valence-electron chi connectivity index (χ0n) is 7.29. The molecule has 0 radical (unpaired) electrons. The standard InChI is InChI=1S/C7H9N3.CH2O3/c8-7(9)10-6-4-2-1-3-5-6;2-1(3)4/h1-5H,(H4,8,9,10);(H2,2,3,4). The van der Waals surface area contributed by atoms with E-state index in [9.17, 15) is 0 Å². The van der Waals surface area contributed by atoms with Crippen LogP contribution < -0.4 is 11.5 Å². The summed E-state index contributed by atoms with van der Waals surface area (Å²) in [5.74, 6) is 0.0891. The van der Waals surface area contributed by atoms with E-state index in [1.807, 2.05) is 30.3 Å². The van der Waals surface area contributed by atoms with Crippen molar-refractivity contribution in [2.24, 2.45) is 16.5 Å². The molecule has 0 heterocycles. The molecule has 0 saturated carbocycles. The van der Waals surface area contributed by atoms with Crippen molar-refractivity contribution in [3.8, 4) is 0 Å². The van der Waals surface area contributed by atoms with E-state index in [4.69, 9.17) is 26.5 Å². The van der Waals surface area contributed by atoms with Gasteiger partial charge in [-0.1, -0.05) is 18.2 Å². The summed E-state index contributed by atoms with van der Waals surface area (Å²) in [5, 5.41) is 13.9. The van der Waals surface area contributed by atoms with Gasteiger partial charge in [-0.15, -0.1) is 0 Å². The maximum absolute atomic E-state index is 8.56. The summed E-state index contributed by atoms with van der Waals surface area (Å²) in [4.78, 5) is 12.4. The molecule has 0 aliphatic rings. The van der Waals surface area contributed by atoms with Gasteiger partial charge in [0.15, 0.2) is 5.96 Å². The molecule has 14 heavy (non-hydrogen) atoms. The van der Waals surface area contributed by atoms with E-state index >= 15 is 0 Å². The van der Waals surface area contributed by atoms with Crippen molar-refractivity contribution < 1.29 is 15.0 Å². The summed E-state index contributed by atoms with van der Waals surface area (Å²) in [5.41, 5.74) is 11.1. The fourth-order valence-corrected chi connectivity index (χ4v) is 0.652. The first-order valence-electron chi connectivity index (χ1n) is 3.59. The topological polar surface area (TPSA) is 122 Å². The molecule has 6 heteroatoms. The van der Waals surface area contributed by atoms with E-state index in [-0.39, 0.29) is 5.96 Å². The Hall–Kier alpha value is -2.24. The van der Waals surface area contributed by atoms with Crippen LogP contribution in [0.3, 0.4) is 0 Å². The number of carboxylic acid groups (broad SMARTS) is 2. The number of para-hydroxylation sites is 1. The molecular weight excluding hydrogens is 186 g/mol. The fourth-order valence-electron chi connectivity index (χ4n) is 0.652. The molecule has 0 aliphatic heterocycles. The molecule has 0 atom stereocenters. The molecule has 0 spiro atoms. The van der Waals surface area contributed by atoms with E-state index in [2.05, 4.69) is 4.99 Å². The first-order chi connectivity index (χ1) is 6.52. The highest BCUT2D eigenvalue weighted by atomic mass is 16.6. The molecule has 6 N–H and O–H groups in total. The average molecular weight is 197 g/mol. The lowest BCUT2D eigenvalue weighted by Crippen LogP contribution is -2.21.